The molecule has 3 nitrogen and oxygen atoms in total. The summed E-state index contributed by atoms with van der Waals surface area (Å²) in [5.41, 5.74) is -0.721. The lowest BCUT2D eigenvalue weighted by Gasteiger charge is -2.46. The van der Waals surface area contributed by atoms with E-state index in [1.165, 1.54) is 0 Å². The first-order valence-corrected chi connectivity index (χ1v) is 5.11. The van der Waals surface area contributed by atoms with Crippen LogP contribution in [0.1, 0.15) is 41.5 Å². The maximum Gasteiger partial charge on any atom is 0.193 e. The summed E-state index contributed by atoms with van der Waals surface area (Å²) >= 11 is 0. The molecule has 0 aliphatic carbocycles. The fourth-order valence-corrected chi connectivity index (χ4v) is 1.87. The second-order valence-corrected chi connectivity index (χ2v) is 4.89. The van der Waals surface area contributed by atoms with Gasteiger partial charge in [0.15, 0.2) is 11.6 Å². The van der Waals surface area contributed by atoms with Crippen LogP contribution in [-0.2, 0) is 14.3 Å². The largest absolute Gasteiger partial charge is 0.340 e. The Morgan fingerprint density at radius 3 is 2.21 bits per heavy atom. The Balaban J connectivity index is 3.00. The SMILES string of the molecule is CC(C)[C@]1(C)OC(C)(C)O[C@H](C)C1=O. The number of carbonyl (C=O) groups is 1. The van der Waals surface area contributed by atoms with Crippen molar-refractivity contribution in [1.82, 2.24) is 0 Å². The van der Waals surface area contributed by atoms with Crippen LogP contribution in [-0.4, -0.2) is 23.3 Å². The molecule has 0 N–H and O–H groups in total. The number of ether oxygens (including phenoxy) is 2. The lowest BCUT2D eigenvalue weighted by Crippen LogP contribution is -2.59. The number of ketones is 1. The highest BCUT2D eigenvalue weighted by Gasteiger charge is 2.50. The van der Waals surface area contributed by atoms with Gasteiger partial charge in [0.25, 0.3) is 0 Å². The van der Waals surface area contributed by atoms with Crippen LogP contribution < -0.4 is 0 Å². The minimum absolute atomic E-state index is 0.0341. The van der Waals surface area contributed by atoms with E-state index in [1.54, 1.807) is 6.92 Å². The smallest absolute Gasteiger partial charge is 0.193 e. The molecule has 1 heterocycles. The molecule has 0 aromatic carbocycles. The molecule has 0 unspecified atom stereocenters. The van der Waals surface area contributed by atoms with Crippen molar-refractivity contribution in [3.63, 3.8) is 0 Å². The van der Waals surface area contributed by atoms with E-state index >= 15 is 0 Å². The molecule has 1 aliphatic heterocycles. The van der Waals surface area contributed by atoms with Crippen molar-refractivity contribution in [3.05, 3.63) is 0 Å². The van der Waals surface area contributed by atoms with Crippen molar-refractivity contribution in [2.24, 2.45) is 5.92 Å². The van der Waals surface area contributed by atoms with Gasteiger partial charge in [0.1, 0.15) is 11.7 Å². The number of Topliss-reactive ketones (excluding diaryl/α,β-unsaturated/α-hetero) is 1. The van der Waals surface area contributed by atoms with E-state index in [-0.39, 0.29) is 17.8 Å². The van der Waals surface area contributed by atoms with Gasteiger partial charge in [0.05, 0.1) is 0 Å². The molecule has 2 atom stereocenters. The Morgan fingerprint density at radius 1 is 1.29 bits per heavy atom. The molecule has 1 aliphatic rings. The van der Waals surface area contributed by atoms with Crippen LogP contribution >= 0.6 is 0 Å². The second kappa shape index (κ2) is 3.31. The Kier molecular flexibility index (Phi) is 2.76. The standard InChI is InChI=1S/C11H20O3/c1-7(2)11(6)9(12)8(3)13-10(4,5)14-11/h7-8H,1-6H3/t8-,11+/m1/s1. The molecule has 1 saturated heterocycles. The summed E-state index contributed by atoms with van der Waals surface area (Å²) in [6, 6.07) is 0. The predicted octanol–water partition coefficient (Wildman–Crippen LogP) is 2.14. The molecule has 0 saturated carbocycles. The van der Waals surface area contributed by atoms with Gasteiger partial charge in [-0.2, -0.15) is 0 Å². The molecule has 3 heteroatoms. The van der Waals surface area contributed by atoms with E-state index < -0.39 is 11.4 Å². The first kappa shape index (κ1) is 11.7. The van der Waals surface area contributed by atoms with Crippen LogP contribution in [0, 0.1) is 5.92 Å². The summed E-state index contributed by atoms with van der Waals surface area (Å²) in [4.78, 5) is 11.9. The normalized spacial score (nSPS) is 37.6. The van der Waals surface area contributed by atoms with Crippen molar-refractivity contribution in [2.45, 2.75) is 59.0 Å². The van der Waals surface area contributed by atoms with Crippen LogP contribution in [0.25, 0.3) is 0 Å². The zero-order chi connectivity index (χ0) is 11.1. The van der Waals surface area contributed by atoms with E-state index in [1.807, 2.05) is 34.6 Å². The Labute approximate surface area is 85.8 Å². The summed E-state index contributed by atoms with van der Waals surface area (Å²) in [6.45, 7) is 11.3. The molecule has 1 fully saturated rings. The molecule has 1 rings (SSSR count). The summed E-state index contributed by atoms with van der Waals surface area (Å²) in [5.74, 6) is -0.487. The maximum atomic E-state index is 11.9. The fraction of sp³-hybridized carbons (Fsp3) is 0.909. The second-order valence-electron chi connectivity index (χ2n) is 4.89. The summed E-state index contributed by atoms with van der Waals surface area (Å²) in [7, 11) is 0. The van der Waals surface area contributed by atoms with Gasteiger partial charge in [0, 0.05) is 0 Å². The van der Waals surface area contributed by atoms with Crippen molar-refractivity contribution in [3.8, 4) is 0 Å². The van der Waals surface area contributed by atoms with E-state index in [0.29, 0.717) is 0 Å². The average Bonchev–Trinajstić information content (AvgIpc) is 1.98. The molecular formula is C11H20O3. The molecule has 82 valence electrons. The first-order valence-electron chi connectivity index (χ1n) is 5.11. The monoisotopic (exact) mass is 200 g/mol. The van der Waals surface area contributed by atoms with Gasteiger partial charge in [-0.25, -0.2) is 0 Å². The summed E-state index contributed by atoms with van der Waals surface area (Å²) in [5, 5.41) is 0. The quantitative estimate of drug-likeness (QED) is 0.650. The minimum atomic E-state index is -0.721. The van der Waals surface area contributed by atoms with Crippen molar-refractivity contribution in [1.29, 1.82) is 0 Å². The highest BCUT2D eigenvalue weighted by molar-refractivity contribution is 5.91. The molecule has 0 radical (unpaired) electrons. The van der Waals surface area contributed by atoms with Gasteiger partial charge in [0.2, 0.25) is 0 Å². The van der Waals surface area contributed by atoms with Crippen molar-refractivity contribution >= 4 is 5.78 Å². The number of carbonyl (C=O) groups excluding carboxylic acids is 1. The summed E-state index contributed by atoms with van der Waals surface area (Å²) < 4.78 is 11.2. The zero-order valence-corrected chi connectivity index (χ0v) is 9.88. The highest BCUT2D eigenvalue weighted by Crippen LogP contribution is 2.35. The fourth-order valence-electron chi connectivity index (χ4n) is 1.87. The molecule has 0 bridgehead atoms. The molecule has 0 aromatic heterocycles. The zero-order valence-electron chi connectivity index (χ0n) is 9.88. The van der Waals surface area contributed by atoms with Gasteiger partial charge >= 0.3 is 0 Å². The van der Waals surface area contributed by atoms with Gasteiger partial charge < -0.3 is 9.47 Å². The first-order chi connectivity index (χ1) is 6.19. The lowest BCUT2D eigenvalue weighted by molar-refractivity contribution is -0.309. The summed E-state index contributed by atoms with van der Waals surface area (Å²) in [6.07, 6.45) is -0.383. The minimum Gasteiger partial charge on any atom is -0.340 e. The van der Waals surface area contributed by atoms with Gasteiger partial charge in [-0.05, 0) is 33.6 Å². The van der Waals surface area contributed by atoms with Crippen LogP contribution in [0.2, 0.25) is 0 Å². The predicted molar refractivity (Wildman–Crippen MR) is 54.0 cm³/mol. The van der Waals surface area contributed by atoms with E-state index in [0.717, 1.165) is 0 Å². The maximum absolute atomic E-state index is 11.9. The van der Waals surface area contributed by atoms with Crippen LogP contribution in [0.3, 0.4) is 0 Å². The molecule has 0 aromatic rings. The Hall–Kier alpha value is -0.410. The number of hydrogen-bond acceptors (Lipinski definition) is 3. The highest BCUT2D eigenvalue weighted by atomic mass is 16.7. The Morgan fingerprint density at radius 2 is 1.79 bits per heavy atom. The molecule has 0 spiro atoms. The van der Waals surface area contributed by atoms with Crippen LogP contribution in [0.15, 0.2) is 0 Å². The van der Waals surface area contributed by atoms with Gasteiger partial charge in [-0.3, -0.25) is 4.79 Å². The average molecular weight is 200 g/mol. The topological polar surface area (TPSA) is 35.5 Å². The third kappa shape index (κ3) is 1.84. The van der Waals surface area contributed by atoms with Crippen molar-refractivity contribution in [2.75, 3.05) is 0 Å². The van der Waals surface area contributed by atoms with Crippen LogP contribution in [0.4, 0.5) is 0 Å². The van der Waals surface area contributed by atoms with E-state index in [9.17, 15) is 4.79 Å². The number of hydrogen-bond donors (Lipinski definition) is 0. The molecule has 0 amide bonds. The third-order valence-electron chi connectivity index (χ3n) is 2.88. The lowest BCUT2D eigenvalue weighted by atomic mass is 9.84. The molecule has 14 heavy (non-hydrogen) atoms. The van der Waals surface area contributed by atoms with Crippen LogP contribution in [0.5, 0.6) is 0 Å². The number of rotatable bonds is 1. The van der Waals surface area contributed by atoms with Crippen molar-refractivity contribution < 1.29 is 14.3 Å². The van der Waals surface area contributed by atoms with E-state index in [2.05, 4.69) is 0 Å². The Bertz CT molecular complexity index is 245. The van der Waals surface area contributed by atoms with E-state index in [4.69, 9.17) is 9.47 Å². The van der Waals surface area contributed by atoms with Gasteiger partial charge in [-0.1, -0.05) is 13.8 Å². The third-order valence-corrected chi connectivity index (χ3v) is 2.88. The molecular weight excluding hydrogens is 180 g/mol. The van der Waals surface area contributed by atoms with Gasteiger partial charge in [-0.15, -0.1) is 0 Å².